The fraction of sp³-hybridized carbons (Fsp3) is 0.421. The first kappa shape index (κ1) is 20.8. The van der Waals surface area contributed by atoms with Crippen LogP contribution < -0.4 is 10.5 Å². The quantitative estimate of drug-likeness (QED) is 0.740. The third kappa shape index (κ3) is 4.44. The van der Waals surface area contributed by atoms with E-state index in [1.807, 2.05) is 19.1 Å². The van der Waals surface area contributed by atoms with Gasteiger partial charge in [-0.1, -0.05) is 12.1 Å². The summed E-state index contributed by atoms with van der Waals surface area (Å²) in [4.78, 5) is 11.6. The van der Waals surface area contributed by atoms with Gasteiger partial charge in [-0.2, -0.15) is 9.78 Å². The zero-order valence-electron chi connectivity index (χ0n) is 16.7. The Kier molecular flexibility index (Phi) is 6.54. The molecule has 0 aliphatic carbocycles. The summed E-state index contributed by atoms with van der Waals surface area (Å²) in [6.07, 6.45) is 2.08. The van der Waals surface area contributed by atoms with Crippen molar-refractivity contribution in [3.05, 3.63) is 46.7 Å². The molecule has 0 bridgehead atoms. The molecule has 1 unspecified atom stereocenters. The molecule has 0 amide bonds. The zero-order chi connectivity index (χ0) is 20.2. The van der Waals surface area contributed by atoms with E-state index in [0.717, 1.165) is 35.7 Å². The molecule has 2 aromatic rings. The number of anilines is 1. The second kappa shape index (κ2) is 8.47. The highest BCUT2D eigenvalue weighted by Crippen LogP contribution is 2.25. The minimum absolute atomic E-state index is 0.517. The minimum Gasteiger partial charge on any atom is -0.357 e. The molecule has 0 spiro atoms. The van der Waals surface area contributed by atoms with Gasteiger partial charge in [0.1, 0.15) is 5.82 Å². The van der Waals surface area contributed by atoms with E-state index < -0.39 is 9.73 Å². The average molecular weight is 389 g/mol. The van der Waals surface area contributed by atoms with Crippen molar-refractivity contribution in [2.75, 3.05) is 31.3 Å². The maximum Gasteiger partial charge on any atom is 0.247 e. The topological polar surface area (TPSA) is 86.7 Å². The van der Waals surface area contributed by atoms with Gasteiger partial charge in [0.05, 0.1) is 9.73 Å². The van der Waals surface area contributed by atoms with Crippen molar-refractivity contribution in [1.29, 1.82) is 4.78 Å². The molecular formula is C19H28N6OS. The van der Waals surface area contributed by atoms with Gasteiger partial charge >= 0.3 is 0 Å². The Balaban J connectivity index is 2.63. The molecule has 0 radical (unpaired) electrons. The van der Waals surface area contributed by atoms with E-state index in [2.05, 4.69) is 40.5 Å². The van der Waals surface area contributed by atoms with Gasteiger partial charge in [-0.25, -0.2) is 14.0 Å². The Morgan fingerprint density at radius 2 is 1.85 bits per heavy atom. The first-order valence-electron chi connectivity index (χ1n) is 8.86. The molecular weight excluding hydrogens is 360 g/mol. The molecule has 1 heterocycles. The smallest absolute Gasteiger partial charge is 0.247 e. The number of nitrogens with zero attached hydrogens (tertiary/aromatic N) is 5. The number of nitrogens with one attached hydrogen (secondary N) is 1. The highest BCUT2D eigenvalue weighted by Gasteiger charge is 2.18. The fourth-order valence-corrected chi connectivity index (χ4v) is 3.71. The van der Waals surface area contributed by atoms with E-state index >= 15 is 0 Å². The van der Waals surface area contributed by atoms with Crippen LogP contribution in [-0.2, 0) is 16.1 Å². The minimum atomic E-state index is -2.71. The fourth-order valence-electron chi connectivity index (χ4n) is 3.05. The Hall–Kier alpha value is -2.48. The lowest BCUT2D eigenvalue weighted by Crippen LogP contribution is -2.34. The molecule has 0 fully saturated rings. The molecule has 8 heteroatoms. The van der Waals surface area contributed by atoms with Crippen molar-refractivity contribution in [2.45, 2.75) is 32.1 Å². The van der Waals surface area contributed by atoms with Crippen LogP contribution in [0.5, 0.6) is 0 Å². The summed E-state index contributed by atoms with van der Waals surface area (Å²) in [7, 11) is -1.02. The molecule has 1 aromatic heterocycles. The van der Waals surface area contributed by atoms with Crippen LogP contribution in [-0.4, -0.2) is 47.0 Å². The molecule has 1 atom stereocenters. The van der Waals surface area contributed by atoms with Gasteiger partial charge in [-0.05, 0) is 38.5 Å². The van der Waals surface area contributed by atoms with Crippen molar-refractivity contribution < 1.29 is 4.21 Å². The van der Waals surface area contributed by atoms with E-state index in [0.29, 0.717) is 16.9 Å². The summed E-state index contributed by atoms with van der Waals surface area (Å²) in [5.74, 6) is 0.937. The van der Waals surface area contributed by atoms with Gasteiger partial charge in [0.25, 0.3) is 0 Å². The molecule has 0 aliphatic rings. The largest absolute Gasteiger partial charge is 0.357 e. The van der Waals surface area contributed by atoms with Gasteiger partial charge in [0.2, 0.25) is 5.62 Å². The molecule has 27 heavy (non-hydrogen) atoms. The highest BCUT2D eigenvalue weighted by molar-refractivity contribution is 7.91. The number of hydrogen-bond donors (Lipinski definition) is 1. The first-order chi connectivity index (χ1) is 12.8. The SMILES string of the molecule is C=Nn1c(N(CC)CC)c(Cc2ccc(S(C)(=N)=O)cc2)c(C)n/c1=N/C. The lowest BCUT2D eigenvalue weighted by molar-refractivity contribution is 0.679. The molecule has 0 saturated carbocycles. The molecule has 146 valence electrons. The average Bonchev–Trinajstić information content (AvgIpc) is 2.64. The second-order valence-corrected chi connectivity index (χ2v) is 8.47. The van der Waals surface area contributed by atoms with Crippen LogP contribution in [0, 0.1) is 11.7 Å². The summed E-state index contributed by atoms with van der Waals surface area (Å²) in [6.45, 7) is 11.5. The van der Waals surface area contributed by atoms with Crippen molar-refractivity contribution in [2.24, 2.45) is 10.1 Å². The number of hydrogen-bond acceptors (Lipinski definition) is 6. The van der Waals surface area contributed by atoms with Gasteiger partial charge in [0.15, 0.2) is 0 Å². The van der Waals surface area contributed by atoms with Crippen molar-refractivity contribution in [3.63, 3.8) is 0 Å². The van der Waals surface area contributed by atoms with E-state index in [4.69, 9.17) is 4.78 Å². The first-order valence-corrected chi connectivity index (χ1v) is 10.8. The summed E-state index contributed by atoms with van der Waals surface area (Å²) >= 11 is 0. The van der Waals surface area contributed by atoms with Crippen LogP contribution >= 0.6 is 0 Å². The molecule has 0 aliphatic heterocycles. The predicted octanol–water partition coefficient (Wildman–Crippen LogP) is 2.66. The van der Waals surface area contributed by atoms with Gasteiger partial charge in [0, 0.05) is 55.7 Å². The van der Waals surface area contributed by atoms with Crippen molar-refractivity contribution in [1.82, 2.24) is 9.66 Å². The second-order valence-electron chi connectivity index (χ2n) is 6.31. The van der Waals surface area contributed by atoms with Crippen molar-refractivity contribution >= 4 is 22.3 Å². The predicted molar refractivity (Wildman–Crippen MR) is 111 cm³/mol. The summed E-state index contributed by atoms with van der Waals surface area (Å²) in [6, 6.07) is 7.37. The Bertz CT molecular complexity index is 986. The molecule has 0 saturated heterocycles. The van der Waals surface area contributed by atoms with Gasteiger partial charge in [-0.15, -0.1) is 0 Å². The maximum absolute atomic E-state index is 11.9. The monoisotopic (exact) mass is 388 g/mol. The molecule has 7 nitrogen and oxygen atoms in total. The number of aromatic nitrogens is 2. The normalized spacial score (nSPS) is 14.0. The van der Waals surface area contributed by atoms with Crippen LogP contribution in [0.1, 0.15) is 30.7 Å². The lowest BCUT2D eigenvalue weighted by atomic mass is 10.0. The third-order valence-corrected chi connectivity index (χ3v) is 5.69. The van der Waals surface area contributed by atoms with Crippen LogP contribution in [0.4, 0.5) is 5.82 Å². The zero-order valence-corrected chi connectivity index (χ0v) is 17.5. The molecule has 2 rings (SSSR count). The van der Waals surface area contributed by atoms with Gasteiger partial charge < -0.3 is 4.90 Å². The van der Waals surface area contributed by atoms with E-state index in [9.17, 15) is 4.21 Å². The Morgan fingerprint density at radius 1 is 1.26 bits per heavy atom. The third-order valence-electron chi connectivity index (χ3n) is 4.52. The van der Waals surface area contributed by atoms with Crippen molar-refractivity contribution in [3.8, 4) is 0 Å². The Labute approximate surface area is 161 Å². The standard InChI is InChI=1S/C19H28N6OS/c1-7-24(8-2)18-17(14(3)23-19(21-4)25(18)22-5)13-15-9-11-16(12-10-15)27(6,20)26/h9-12,20H,5,7-8,13H2,1-4,6H3/b21-19-. The van der Waals surface area contributed by atoms with E-state index in [1.54, 1.807) is 23.9 Å². The number of rotatable bonds is 7. The summed E-state index contributed by atoms with van der Waals surface area (Å²) in [5.41, 5.74) is 3.51. The Morgan fingerprint density at radius 3 is 2.30 bits per heavy atom. The lowest BCUT2D eigenvalue weighted by Gasteiger charge is -2.27. The highest BCUT2D eigenvalue weighted by atomic mass is 32.2. The summed E-state index contributed by atoms with van der Waals surface area (Å²) in [5, 5.41) is 4.15. The van der Waals surface area contributed by atoms with E-state index in [-0.39, 0.29) is 0 Å². The van der Waals surface area contributed by atoms with Gasteiger partial charge in [-0.3, -0.25) is 4.99 Å². The molecule has 1 N–H and O–H groups in total. The van der Waals surface area contributed by atoms with Crippen LogP contribution in [0.15, 0.2) is 39.3 Å². The number of benzene rings is 1. The summed E-state index contributed by atoms with van der Waals surface area (Å²) < 4.78 is 21.3. The maximum atomic E-state index is 11.9. The van der Waals surface area contributed by atoms with Crippen LogP contribution in [0.25, 0.3) is 0 Å². The van der Waals surface area contributed by atoms with Crippen LogP contribution in [0.3, 0.4) is 0 Å². The van der Waals surface area contributed by atoms with Crippen LogP contribution in [0.2, 0.25) is 0 Å². The molecule has 1 aromatic carbocycles. The van der Waals surface area contributed by atoms with E-state index in [1.165, 1.54) is 6.26 Å². The number of aryl methyl sites for hydroxylation is 1.